The summed E-state index contributed by atoms with van der Waals surface area (Å²) in [5.41, 5.74) is 0.0591. The number of carbonyl (C=O) groups excluding carboxylic acids is 1. The van der Waals surface area contributed by atoms with Crippen LogP contribution in [-0.4, -0.2) is 67.9 Å². The van der Waals surface area contributed by atoms with Crippen molar-refractivity contribution in [3.63, 3.8) is 0 Å². The number of nitrogens with one attached hydrogen (secondary N) is 1. The zero-order chi connectivity index (χ0) is 24.2. The van der Waals surface area contributed by atoms with Crippen LogP contribution in [0.1, 0.15) is 41.6 Å². The Labute approximate surface area is 212 Å². The van der Waals surface area contributed by atoms with Gasteiger partial charge in [-0.2, -0.15) is 0 Å². The molecule has 2 N–H and O–H groups in total. The minimum Gasteiger partial charge on any atom is -0.497 e. The Bertz CT molecular complexity index is 1020. The Balaban J connectivity index is 0.00000342. The number of halogens is 1. The second kappa shape index (κ2) is 11.3. The molecule has 8 nitrogen and oxygen atoms in total. The minimum absolute atomic E-state index is 0. The lowest BCUT2D eigenvalue weighted by Crippen LogP contribution is -2.62. The molecule has 190 valence electrons. The van der Waals surface area contributed by atoms with E-state index in [1.54, 1.807) is 31.4 Å². The molecule has 35 heavy (non-hydrogen) atoms. The molecule has 0 unspecified atom stereocenters. The number of benzene rings is 2. The first kappa shape index (κ1) is 26.8. The Kier molecular flexibility index (Phi) is 8.64. The summed E-state index contributed by atoms with van der Waals surface area (Å²) in [4.78, 5) is 27.0. The van der Waals surface area contributed by atoms with Crippen LogP contribution in [0.3, 0.4) is 0 Å². The highest BCUT2D eigenvalue weighted by atomic mass is 35.5. The number of methoxy groups -OCH3 is 1. The first-order chi connectivity index (χ1) is 16.4. The third kappa shape index (κ3) is 5.89. The van der Waals surface area contributed by atoms with Crippen LogP contribution >= 0.6 is 12.4 Å². The summed E-state index contributed by atoms with van der Waals surface area (Å²) in [6.07, 6.45) is 2.87. The first-order valence-electron chi connectivity index (χ1n) is 11.6. The monoisotopic (exact) mass is 504 g/mol. The van der Waals surface area contributed by atoms with Crippen LogP contribution in [0.2, 0.25) is 0 Å². The number of likely N-dealkylation sites (N-methyl/N-ethyl adjacent to an activating group) is 1. The van der Waals surface area contributed by atoms with Crippen molar-refractivity contribution in [2.45, 2.75) is 36.8 Å². The van der Waals surface area contributed by atoms with E-state index in [0.29, 0.717) is 39.2 Å². The molecule has 0 bridgehead atoms. The molecule has 9 heteroatoms. The fourth-order valence-corrected chi connectivity index (χ4v) is 4.57. The predicted octanol–water partition coefficient (Wildman–Crippen LogP) is 3.48. The molecule has 0 atom stereocenters. The molecule has 2 aliphatic rings. The van der Waals surface area contributed by atoms with Gasteiger partial charge in [-0.3, -0.25) is 9.69 Å². The molecule has 1 saturated heterocycles. The molecule has 0 radical (unpaired) electrons. The summed E-state index contributed by atoms with van der Waals surface area (Å²) in [6, 6.07) is 14.3. The van der Waals surface area contributed by atoms with Gasteiger partial charge in [0.05, 0.1) is 18.2 Å². The van der Waals surface area contributed by atoms with Gasteiger partial charge >= 0.3 is 5.97 Å². The summed E-state index contributed by atoms with van der Waals surface area (Å²) in [6.45, 7) is 2.05. The van der Waals surface area contributed by atoms with Crippen molar-refractivity contribution in [3.8, 4) is 11.5 Å². The summed E-state index contributed by atoms with van der Waals surface area (Å²) in [7, 11) is 3.58. The highest BCUT2D eigenvalue weighted by molar-refractivity contribution is 5.88. The van der Waals surface area contributed by atoms with Gasteiger partial charge in [0.1, 0.15) is 23.6 Å². The van der Waals surface area contributed by atoms with Crippen molar-refractivity contribution in [1.29, 1.82) is 0 Å². The molecule has 2 fully saturated rings. The van der Waals surface area contributed by atoms with Crippen molar-refractivity contribution in [1.82, 2.24) is 10.2 Å². The van der Waals surface area contributed by atoms with Crippen LogP contribution in [0.25, 0.3) is 0 Å². The van der Waals surface area contributed by atoms with Gasteiger partial charge < -0.3 is 24.6 Å². The van der Waals surface area contributed by atoms with Crippen LogP contribution in [0.5, 0.6) is 11.5 Å². The van der Waals surface area contributed by atoms with Crippen LogP contribution < -0.4 is 14.8 Å². The SMILES string of the molecule is COc1cccc(OCCN(C)C2(C(=O)NC3(c4ccc(C(=O)O)cc4)CC3)CCOCC2)c1.Cl. The molecule has 1 aliphatic carbocycles. The van der Waals surface area contributed by atoms with Gasteiger partial charge in [0.15, 0.2) is 0 Å². The normalized spacial score (nSPS) is 17.7. The van der Waals surface area contributed by atoms with Gasteiger partial charge in [0.25, 0.3) is 0 Å². The van der Waals surface area contributed by atoms with Crippen molar-refractivity contribution in [3.05, 3.63) is 59.7 Å². The van der Waals surface area contributed by atoms with E-state index in [1.807, 2.05) is 31.3 Å². The molecule has 4 rings (SSSR count). The van der Waals surface area contributed by atoms with E-state index in [9.17, 15) is 14.7 Å². The van der Waals surface area contributed by atoms with Crippen LogP contribution in [0.4, 0.5) is 0 Å². The Morgan fingerprint density at radius 3 is 2.31 bits per heavy atom. The number of carbonyl (C=O) groups is 2. The third-order valence-corrected chi connectivity index (χ3v) is 7.00. The van der Waals surface area contributed by atoms with Crippen molar-refractivity contribution >= 4 is 24.3 Å². The second-order valence-corrected chi connectivity index (χ2v) is 9.01. The van der Waals surface area contributed by atoms with E-state index in [-0.39, 0.29) is 23.9 Å². The summed E-state index contributed by atoms with van der Waals surface area (Å²) in [5, 5.41) is 12.5. The molecular weight excluding hydrogens is 472 g/mol. The maximum Gasteiger partial charge on any atom is 0.335 e. The first-order valence-corrected chi connectivity index (χ1v) is 11.6. The summed E-state index contributed by atoms with van der Waals surface area (Å²) >= 11 is 0. The average Bonchev–Trinajstić information content (AvgIpc) is 3.65. The van der Waals surface area contributed by atoms with E-state index >= 15 is 0 Å². The number of rotatable bonds is 10. The lowest BCUT2D eigenvalue weighted by atomic mass is 9.86. The minimum atomic E-state index is -0.959. The summed E-state index contributed by atoms with van der Waals surface area (Å²) < 4.78 is 16.7. The van der Waals surface area contributed by atoms with Gasteiger partial charge in [-0.1, -0.05) is 18.2 Å². The topological polar surface area (TPSA) is 97.3 Å². The molecular formula is C26H33ClN2O6. The highest BCUT2D eigenvalue weighted by Crippen LogP contribution is 2.46. The molecule has 0 spiro atoms. The zero-order valence-electron chi connectivity index (χ0n) is 20.1. The lowest BCUT2D eigenvalue weighted by molar-refractivity contribution is -0.140. The lowest BCUT2D eigenvalue weighted by Gasteiger charge is -2.43. The Morgan fingerprint density at radius 1 is 1.06 bits per heavy atom. The van der Waals surface area contributed by atoms with E-state index in [2.05, 4.69) is 10.2 Å². The molecule has 0 aromatic heterocycles. The quantitative estimate of drug-likeness (QED) is 0.511. The summed E-state index contributed by atoms with van der Waals surface area (Å²) in [5.74, 6) is 0.482. The fourth-order valence-electron chi connectivity index (χ4n) is 4.57. The predicted molar refractivity (Wildman–Crippen MR) is 134 cm³/mol. The van der Waals surface area contributed by atoms with Gasteiger partial charge in [-0.25, -0.2) is 4.79 Å². The maximum absolute atomic E-state index is 13.7. The third-order valence-electron chi connectivity index (χ3n) is 7.00. The number of hydrogen-bond acceptors (Lipinski definition) is 6. The molecule has 1 saturated carbocycles. The number of nitrogens with zero attached hydrogens (tertiary/aromatic N) is 1. The van der Waals surface area contributed by atoms with E-state index < -0.39 is 17.0 Å². The molecule has 1 heterocycles. The number of ether oxygens (including phenoxy) is 3. The number of hydrogen-bond donors (Lipinski definition) is 2. The Morgan fingerprint density at radius 2 is 1.71 bits per heavy atom. The highest BCUT2D eigenvalue weighted by Gasteiger charge is 2.51. The van der Waals surface area contributed by atoms with Crippen molar-refractivity contribution in [2.75, 3.05) is 40.5 Å². The van der Waals surface area contributed by atoms with Crippen LogP contribution in [0.15, 0.2) is 48.5 Å². The second-order valence-electron chi connectivity index (χ2n) is 9.01. The van der Waals surface area contributed by atoms with Crippen LogP contribution in [0, 0.1) is 0 Å². The smallest absolute Gasteiger partial charge is 0.335 e. The number of carboxylic acid groups (broad SMARTS) is 1. The Hall–Kier alpha value is -2.81. The zero-order valence-corrected chi connectivity index (χ0v) is 20.9. The van der Waals surface area contributed by atoms with E-state index in [0.717, 1.165) is 29.9 Å². The van der Waals surface area contributed by atoms with Crippen molar-refractivity contribution in [2.24, 2.45) is 0 Å². The maximum atomic E-state index is 13.7. The van der Waals surface area contributed by atoms with Crippen molar-refractivity contribution < 1.29 is 28.9 Å². The molecule has 2 aromatic carbocycles. The largest absolute Gasteiger partial charge is 0.497 e. The number of amides is 1. The van der Waals surface area contributed by atoms with Crippen LogP contribution in [-0.2, 0) is 15.1 Å². The van der Waals surface area contributed by atoms with Gasteiger partial charge in [-0.05, 0) is 62.6 Å². The van der Waals surface area contributed by atoms with Gasteiger partial charge in [0.2, 0.25) is 5.91 Å². The average molecular weight is 505 g/mol. The molecule has 1 aliphatic heterocycles. The van der Waals surface area contributed by atoms with Gasteiger partial charge in [-0.15, -0.1) is 12.4 Å². The number of carboxylic acids is 1. The standard InChI is InChI=1S/C26H32N2O6.ClH/c1-28(14-17-34-22-5-3-4-21(18-22)32-2)26(12-15-33-16-13-26)24(31)27-25(10-11-25)20-8-6-19(7-9-20)23(29)30;/h3-9,18H,10-17H2,1-2H3,(H,27,31)(H,29,30);1H. The molecule has 2 aromatic rings. The fraction of sp³-hybridized carbons (Fsp3) is 0.462. The number of aromatic carboxylic acids is 1. The van der Waals surface area contributed by atoms with Gasteiger partial charge in [0, 0.05) is 25.8 Å². The van der Waals surface area contributed by atoms with E-state index in [4.69, 9.17) is 14.2 Å². The molecule has 1 amide bonds. The van der Waals surface area contributed by atoms with E-state index in [1.165, 1.54) is 0 Å².